The Morgan fingerprint density at radius 2 is 1.00 bits per heavy atom. The number of hydrogen-bond donors (Lipinski definition) is 0. The number of hydrogen-bond acceptors (Lipinski definition) is 1. The maximum absolute atomic E-state index is 2.54. The molecule has 0 bridgehead atoms. The van der Waals surface area contributed by atoms with Gasteiger partial charge in [-0.3, -0.25) is 0 Å². The third-order valence-electron chi connectivity index (χ3n) is 1.62. The largest absolute Gasteiger partial charge is 0.303 e. The van der Waals surface area contributed by atoms with Crippen LogP contribution in [0.3, 0.4) is 0 Å². The van der Waals surface area contributed by atoms with Crippen LogP contribution in [0.1, 0.15) is 40.0 Å². The highest BCUT2D eigenvalue weighted by Crippen LogP contribution is 1.94. The van der Waals surface area contributed by atoms with Crippen LogP contribution in [0, 0.1) is 7.43 Å². The standard InChI is InChI=1S/C9H21N.CH3/c1-4-7-10(8-5-2)9-6-3;/h4-9H2,1-3H3;1H3. The SMILES string of the molecule is CCCN(CCC)CCC.[CH3]. The van der Waals surface area contributed by atoms with Crippen molar-refractivity contribution in [3.8, 4) is 0 Å². The third-order valence-corrected chi connectivity index (χ3v) is 1.62. The minimum atomic E-state index is 0. The molecule has 0 amide bonds. The molecule has 11 heavy (non-hydrogen) atoms. The molecule has 0 saturated carbocycles. The zero-order valence-corrected chi connectivity index (χ0v) is 8.69. The van der Waals surface area contributed by atoms with Crippen molar-refractivity contribution in [3.63, 3.8) is 0 Å². The molecule has 1 nitrogen and oxygen atoms in total. The highest BCUT2D eigenvalue weighted by atomic mass is 15.1. The summed E-state index contributed by atoms with van der Waals surface area (Å²) in [4.78, 5) is 2.54. The summed E-state index contributed by atoms with van der Waals surface area (Å²) in [5.74, 6) is 0. The summed E-state index contributed by atoms with van der Waals surface area (Å²) in [7, 11) is 0. The highest BCUT2D eigenvalue weighted by molar-refractivity contribution is 4.53. The molecule has 0 aromatic heterocycles. The molecule has 0 rings (SSSR count). The van der Waals surface area contributed by atoms with Gasteiger partial charge in [-0.25, -0.2) is 0 Å². The molecule has 1 heteroatoms. The van der Waals surface area contributed by atoms with Gasteiger partial charge in [-0.15, -0.1) is 0 Å². The summed E-state index contributed by atoms with van der Waals surface area (Å²) in [6.07, 6.45) is 3.88. The molecular weight excluding hydrogens is 134 g/mol. The van der Waals surface area contributed by atoms with Gasteiger partial charge in [-0.1, -0.05) is 28.2 Å². The van der Waals surface area contributed by atoms with Crippen LogP contribution in [0.15, 0.2) is 0 Å². The normalized spacial score (nSPS) is 9.82. The fraction of sp³-hybridized carbons (Fsp3) is 0.900. The van der Waals surface area contributed by atoms with Crippen molar-refractivity contribution >= 4 is 0 Å². The first kappa shape index (κ1) is 13.5. The summed E-state index contributed by atoms with van der Waals surface area (Å²) in [5.41, 5.74) is 0. The third kappa shape index (κ3) is 7.86. The zero-order chi connectivity index (χ0) is 7.82. The summed E-state index contributed by atoms with van der Waals surface area (Å²) < 4.78 is 0. The van der Waals surface area contributed by atoms with Crippen molar-refractivity contribution in [1.82, 2.24) is 4.90 Å². The van der Waals surface area contributed by atoms with E-state index < -0.39 is 0 Å². The van der Waals surface area contributed by atoms with E-state index in [9.17, 15) is 0 Å². The van der Waals surface area contributed by atoms with Crippen LogP contribution >= 0.6 is 0 Å². The van der Waals surface area contributed by atoms with E-state index >= 15 is 0 Å². The van der Waals surface area contributed by atoms with Crippen LogP contribution in [0.4, 0.5) is 0 Å². The molecule has 0 spiro atoms. The van der Waals surface area contributed by atoms with Gasteiger partial charge in [0.05, 0.1) is 0 Å². The smallest absolute Gasteiger partial charge is 0.00214 e. The fourth-order valence-corrected chi connectivity index (χ4v) is 1.28. The van der Waals surface area contributed by atoms with E-state index in [4.69, 9.17) is 0 Å². The van der Waals surface area contributed by atoms with Gasteiger partial charge in [0.2, 0.25) is 0 Å². The quantitative estimate of drug-likeness (QED) is 0.574. The van der Waals surface area contributed by atoms with Gasteiger partial charge in [-0.05, 0) is 38.9 Å². The molecule has 0 fully saturated rings. The van der Waals surface area contributed by atoms with E-state index in [1.165, 1.54) is 38.9 Å². The van der Waals surface area contributed by atoms with Gasteiger partial charge < -0.3 is 4.90 Å². The molecule has 69 valence electrons. The topological polar surface area (TPSA) is 3.24 Å². The minimum absolute atomic E-state index is 0. The lowest BCUT2D eigenvalue weighted by Gasteiger charge is -2.19. The molecule has 0 atom stereocenters. The fourth-order valence-electron chi connectivity index (χ4n) is 1.28. The first-order chi connectivity index (χ1) is 4.85. The van der Waals surface area contributed by atoms with Crippen LogP contribution in [0.5, 0.6) is 0 Å². The molecule has 0 aliphatic rings. The van der Waals surface area contributed by atoms with Crippen molar-refractivity contribution in [1.29, 1.82) is 0 Å². The first-order valence-corrected chi connectivity index (χ1v) is 4.57. The Bertz CT molecular complexity index is 47.6. The predicted molar refractivity (Wildman–Crippen MR) is 53.7 cm³/mol. The van der Waals surface area contributed by atoms with E-state index in [0.717, 1.165) is 0 Å². The van der Waals surface area contributed by atoms with Crippen molar-refractivity contribution in [2.75, 3.05) is 19.6 Å². The van der Waals surface area contributed by atoms with E-state index in [2.05, 4.69) is 25.7 Å². The summed E-state index contributed by atoms with van der Waals surface area (Å²) in [6.45, 7) is 10.6. The van der Waals surface area contributed by atoms with Gasteiger partial charge in [-0.2, -0.15) is 0 Å². The van der Waals surface area contributed by atoms with Crippen LogP contribution in [0.2, 0.25) is 0 Å². The second-order valence-corrected chi connectivity index (χ2v) is 2.84. The molecule has 0 aromatic carbocycles. The molecule has 0 unspecified atom stereocenters. The van der Waals surface area contributed by atoms with Gasteiger partial charge in [0.15, 0.2) is 0 Å². The van der Waals surface area contributed by atoms with Crippen LogP contribution in [0.25, 0.3) is 0 Å². The Labute approximate surface area is 72.8 Å². The van der Waals surface area contributed by atoms with Crippen molar-refractivity contribution in [3.05, 3.63) is 7.43 Å². The second kappa shape index (κ2) is 9.96. The Morgan fingerprint density at radius 3 is 1.18 bits per heavy atom. The van der Waals surface area contributed by atoms with Crippen molar-refractivity contribution in [2.45, 2.75) is 40.0 Å². The maximum Gasteiger partial charge on any atom is -0.00214 e. The Hall–Kier alpha value is -0.0400. The molecule has 0 heterocycles. The molecule has 0 saturated heterocycles. The highest BCUT2D eigenvalue weighted by Gasteiger charge is 1.98. The van der Waals surface area contributed by atoms with Crippen LogP contribution < -0.4 is 0 Å². The van der Waals surface area contributed by atoms with Crippen molar-refractivity contribution in [2.24, 2.45) is 0 Å². The molecule has 0 N–H and O–H groups in total. The van der Waals surface area contributed by atoms with Gasteiger partial charge in [0.25, 0.3) is 0 Å². The number of rotatable bonds is 6. The zero-order valence-electron chi connectivity index (χ0n) is 8.69. The lowest BCUT2D eigenvalue weighted by molar-refractivity contribution is 0.275. The van der Waals surface area contributed by atoms with E-state index in [1.54, 1.807) is 0 Å². The molecule has 1 radical (unpaired) electrons. The average Bonchev–Trinajstić information content (AvgIpc) is 1.90. The predicted octanol–water partition coefficient (Wildman–Crippen LogP) is 2.97. The van der Waals surface area contributed by atoms with Gasteiger partial charge in [0.1, 0.15) is 0 Å². The Morgan fingerprint density at radius 1 is 0.727 bits per heavy atom. The molecule has 0 aliphatic carbocycles. The van der Waals surface area contributed by atoms with E-state index in [0.29, 0.717) is 0 Å². The minimum Gasteiger partial charge on any atom is -0.303 e. The summed E-state index contributed by atoms with van der Waals surface area (Å²) in [6, 6.07) is 0. The molecule has 0 aliphatic heterocycles. The lowest BCUT2D eigenvalue weighted by Crippen LogP contribution is -2.25. The molecule has 0 aromatic rings. The first-order valence-electron chi connectivity index (χ1n) is 4.57. The lowest BCUT2D eigenvalue weighted by atomic mass is 10.3. The summed E-state index contributed by atoms with van der Waals surface area (Å²) in [5, 5.41) is 0. The maximum atomic E-state index is 2.54. The van der Waals surface area contributed by atoms with Crippen LogP contribution in [-0.4, -0.2) is 24.5 Å². The average molecular weight is 158 g/mol. The van der Waals surface area contributed by atoms with E-state index in [-0.39, 0.29) is 7.43 Å². The van der Waals surface area contributed by atoms with Crippen molar-refractivity contribution < 1.29 is 0 Å². The van der Waals surface area contributed by atoms with E-state index in [1.807, 2.05) is 0 Å². The van der Waals surface area contributed by atoms with Gasteiger partial charge in [0, 0.05) is 0 Å². The number of nitrogens with zero attached hydrogens (tertiary/aromatic N) is 1. The Kier molecular flexibility index (Phi) is 12.3. The monoisotopic (exact) mass is 158 g/mol. The van der Waals surface area contributed by atoms with Crippen LogP contribution in [-0.2, 0) is 0 Å². The summed E-state index contributed by atoms with van der Waals surface area (Å²) >= 11 is 0. The second-order valence-electron chi connectivity index (χ2n) is 2.84. The molecular formula is C10H24N. The Balaban J connectivity index is 0. The van der Waals surface area contributed by atoms with Gasteiger partial charge >= 0.3 is 0 Å².